The molecule has 0 radical (unpaired) electrons. The van der Waals surface area contributed by atoms with Gasteiger partial charge in [0.15, 0.2) is 0 Å². The molecule has 1 aliphatic heterocycles. The first-order chi connectivity index (χ1) is 8.32. The molecule has 4 rings (SSSR count). The second-order valence-corrected chi connectivity index (χ2v) is 5.93. The van der Waals surface area contributed by atoms with Crippen molar-refractivity contribution in [2.24, 2.45) is 5.92 Å². The standard InChI is InChI=1S/C15H19NO/c1-17-11-4-5-12-13(8-11)15(6-7-15)9-16-14(12)10-2-3-10/h4-5,8,10,14,16H,2-3,6-7,9H2,1H3. The van der Waals surface area contributed by atoms with Crippen LogP contribution >= 0.6 is 0 Å². The van der Waals surface area contributed by atoms with Gasteiger partial charge in [-0.25, -0.2) is 0 Å². The molecule has 1 atom stereocenters. The Kier molecular flexibility index (Phi) is 1.91. The molecule has 2 aliphatic carbocycles. The van der Waals surface area contributed by atoms with Crippen LogP contribution in [0.25, 0.3) is 0 Å². The van der Waals surface area contributed by atoms with Gasteiger partial charge in [0.2, 0.25) is 0 Å². The van der Waals surface area contributed by atoms with Gasteiger partial charge in [0.05, 0.1) is 7.11 Å². The summed E-state index contributed by atoms with van der Waals surface area (Å²) in [5, 5.41) is 3.79. The van der Waals surface area contributed by atoms with Gasteiger partial charge in [-0.2, -0.15) is 0 Å². The van der Waals surface area contributed by atoms with E-state index in [2.05, 4.69) is 23.5 Å². The first kappa shape index (κ1) is 9.95. The number of rotatable bonds is 2. The highest BCUT2D eigenvalue weighted by molar-refractivity contribution is 5.48. The van der Waals surface area contributed by atoms with Gasteiger partial charge in [-0.1, -0.05) is 6.07 Å². The van der Waals surface area contributed by atoms with E-state index in [0.717, 1.165) is 11.7 Å². The van der Waals surface area contributed by atoms with E-state index in [0.29, 0.717) is 11.5 Å². The Balaban J connectivity index is 1.81. The highest BCUT2D eigenvalue weighted by Crippen LogP contribution is 2.55. The molecule has 2 fully saturated rings. The average molecular weight is 229 g/mol. The molecular weight excluding hydrogens is 210 g/mol. The Hall–Kier alpha value is -1.02. The van der Waals surface area contributed by atoms with E-state index < -0.39 is 0 Å². The van der Waals surface area contributed by atoms with Gasteiger partial charge in [-0.15, -0.1) is 0 Å². The molecule has 3 aliphatic rings. The molecule has 1 unspecified atom stereocenters. The lowest BCUT2D eigenvalue weighted by molar-refractivity contribution is 0.395. The van der Waals surface area contributed by atoms with Crippen LogP contribution in [0.15, 0.2) is 18.2 Å². The maximum atomic E-state index is 5.39. The number of benzene rings is 1. The van der Waals surface area contributed by atoms with Crippen molar-refractivity contribution < 1.29 is 4.74 Å². The maximum absolute atomic E-state index is 5.39. The van der Waals surface area contributed by atoms with Gasteiger partial charge in [0, 0.05) is 18.0 Å². The lowest BCUT2D eigenvalue weighted by Crippen LogP contribution is -2.38. The molecule has 90 valence electrons. The maximum Gasteiger partial charge on any atom is 0.119 e. The van der Waals surface area contributed by atoms with Crippen molar-refractivity contribution in [3.05, 3.63) is 29.3 Å². The van der Waals surface area contributed by atoms with Crippen LogP contribution < -0.4 is 10.1 Å². The summed E-state index contributed by atoms with van der Waals surface area (Å²) in [6.07, 6.45) is 5.49. The van der Waals surface area contributed by atoms with E-state index in [1.54, 1.807) is 18.2 Å². The van der Waals surface area contributed by atoms with Crippen LogP contribution in [-0.2, 0) is 5.41 Å². The van der Waals surface area contributed by atoms with Crippen molar-refractivity contribution in [2.75, 3.05) is 13.7 Å². The fourth-order valence-corrected chi connectivity index (χ4v) is 3.35. The van der Waals surface area contributed by atoms with E-state index in [4.69, 9.17) is 4.74 Å². The van der Waals surface area contributed by atoms with E-state index in [1.807, 2.05) is 0 Å². The first-order valence-corrected chi connectivity index (χ1v) is 6.74. The van der Waals surface area contributed by atoms with Crippen molar-refractivity contribution in [3.63, 3.8) is 0 Å². The third-order valence-corrected chi connectivity index (χ3v) is 4.77. The molecule has 0 saturated heterocycles. The van der Waals surface area contributed by atoms with E-state index in [9.17, 15) is 0 Å². The molecule has 17 heavy (non-hydrogen) atoms. The van der Waals surface area contributed by atoms with Crippen molar-refractivity contribution in [2.45, 2.75) is 37.1 Å². The zero-order valence-corrected chi connectivity index (χ0v) is 10.3. The quantitative estimate of drug-likeness (QED) is 0.842. The molecule has 1 aromatic rings. The predicted octanol–water partition coefficient (Wildman–Crippen LogP) is 2.78. The molecular formula is C15H19NO. The smallest absolute Gasteiger partial charge is 0.119 e. The Morgan fingerprint density at radius 3 is 2.76 bits per heavy atom. The van der Waals surface area contributed by atoms with Crippen molar-refractivity contribution in [3.8, 4) is 5.75 Å². The third kappa shape index (κ3) is 1.43. The zero-order chi connectivity index (χ0) is 11.5. The van der Waals surface area contributed by atoms with E-state index in [1.165, 1.54) is 32.2 Å². The van der Waals surface area contributed by atoms with Crippen LogP contribution in [0.5, 0.6) is 5.75 Å². The van der Waals surface area contributed by atoms with Crippen LogP contribution in [0, 0.1) is 5.92 Å². The molecule has 2 heteroatoms. The number of methoxy groups -OCH3 is 1. The summed E-state index contributed by atoms with van der Waals surface area (Å²) in [6, 6.07) is 7.32. The summed E-state index contributed by atoms with van der Waals surface area (Å²) in [7, 11) is 1.76. The Labute approximate surface area is 102 Å². The van der Waals surface area contributed by atoms with Crippen molar-refractivity contribution in [1.82, 2.24) is 5.32 Å². The highest BCUT2D eigenvalue weighted by atomic mass is 16.5. The van der Waals surface area contributed by atoms with Gasteiger partial charge in [0.1, 0.15) is 5.75 Å². The number of fused-ring (bicyclic) bond motifs is 2. The minimum Gasteiger partial charge on any atom is -0.497 e. The molecule has 1 spiro atoms. The zero-order valence-electron chi connectivity index (χ0n) is 10.3. The first-order valence-electron chi connectivity index (χ1n) is 6.74. The monoisotopic (exact) mass is 229 g/mol. The summed E-state index contributed by atoms with van der Waals surface area (Å²) in [5.41, 5.74) is 3.58. The normalized spacial score (nSPS) is 28.9. The lowest BCUT2D eigenvalue weighted by atomic mass is 9.82. The second kappa shape index (κ2) is 3.26. The average Bonchev–Trinajstić information content (AvgIpc) is 3.24. The van der Waals surface area contributed by atoms with Crippen LogP contribution in [0.1, 0.15) is 42.9 Å². The van der Waals surface area contributed by atoms with Gasteiger partial charge in [-0.3, -0.25) is 0 Å². The van der Waals surface area contributed by atoms with E-state index in [-0.39, 0.29) is 0 Å². The number of nitrogens with one attached hydrogen (secondary N) is 1. The number of ether oxygens (including phenoxy) is 1. The fraction of sp³-hybridized carbons (Fsp3) is 0.600. The topological polar surface area (TPSA) is 21.3 Å². The molecule has 0 aromatic heterocycles. The molecule has 1 aromatic carbocycles. The minimum atomic E-state index is 0.454. The SMILES string of the molecule is COc1ccc2c(c1)C1(CC1)CNC2C1CC1. The molecule has 1 N–H and O–H groups in total. The van der Waals surface area contributed by atoms with Crippen LogP contribution in [-0.4, -0.2) is 13.7 Å². The molecule has 0 amide bonds. The fourth-order valence-electron chi connectivity index (χ4n) is 3.35. The largest absolute Gasteiger partial charge is 0.497 e. The van der Waals surface area contributed by atoms with Gasteiger partial charge < -0.3 is 10.1 Å². The van der Waals surface area contributed by atoms with Gasteiger partial charge in [0.25, 0.3) is 0 Å². The molecule has 2 saturated carbocycles. The lowest BCUT2D eigenvalue weighted by Gasteiger charge is -2.33. The predicted molar refractivity (Wildman–Crippen MR) is 67.4 cm³/mol. The molecule has 1 heterocycles. The summed E-state index contributed by atoms with van der Waals surface area (Å²) in [4.78, 5) is 0. The summed E-state index contributed by atoms with van der Waals surface area (Å²) in [6.45, 7) is 1.17. The second-order valence-electron chi connectivity index (χ2n) is 5.93. The third-order valence-electron chi connectivity index (χ3n) is 4.77. The number of hydrogen-bond acceptors (Lipinski definition) is 2. The van der Waals surface area contributed by atoms with Crippen LogP contribution in [0.4, 0.5) is 0 Å². The Bertz CT molecular complexity index is 460. The molecule has 2 nitrogen and oxygen atoms in total. The summed E-state index contributed by atoms with van der Waals surface area (Å²) < 4.78 is 5.39. The molecule has 0 bridgehead atoms. The Morgan fingerprint density at radius 1 is 1.29 bits per heavy atom. The van der Waals surface area contributed by atoms with Gasteiger partial charge >= 0.3 is 0 Å². The van der Waals surface area contributed by atoms with Crippen molar-refractivity contribution in [1.29, 1.82) is 0 Å². The number of hydrogen-bond donors (Lipinski definition) is 1. The van der Waals surface area contributed by atoms with Crippen LogP contribution in [0.2, 0.25) is 0 Å². The Morgan fingerprint density at radius 2 is 2.12 bits per heavy atom. The van der Waals surface area contributed by atoms with E-state index >= 15 is 0 Å². The summed E-state index contributed by atoms with van der Waals surface area (Å²) in [5.74, 6) is 1.91. The van der Waals surface area contributed by atoms with Crippen LogP contribution in [0.3, 0.4) is 0 Å². The van der Waals surface area contributed by atoms with Crippen molar-refractivity contribution >= 4 is 0 Å². The van der Waals surface area contributed by atoms with Gasteiger partial charge in [-0.05, 0) is 54.9 Å². The minimum absolute atomic E-state index is 0.454. The summed E-state index contributed by atoms with van der Waals surface area (Å²) >= 11 is 0. The highest BCUT2D eigenvalue weighted by Gasteiger charge is 2.50.